The molecule has 0 fully saturated rings. The second-order valence-corrected chi connectivity index (χ2v) is 6.58. The summed E-state index contributed by atoms with van der Waals surface area (Å²) < 4.78 is 26.4. The van der Waals surface area contributed by atoms with E-state index in [0.717, 1.165) is 0 Å². The molecule has 0 spiro atoms. The molecule has 0 amide bonds. The van der Waals surface area contributed by atoms with Crippen molar-refractivity contribution >= 4 is 21.6 Å². The van der Waals surface area contributed by atoms with Crippen LogP contribution in [0, 0.1) is 5.92 Å². The van der Waals surface area contributed by atoms with Crippen LogP contribution in [-0.2, 0) is 15.8 Å². The van der Waals surface area contributed by atoms with Crippen LogP contribution in [-0.4, -0.2) is 26.2 Å². The molecular formula is C12H18ClNO3S. The topological polar surface area (TPSA) is 66.4 Å². The first-order chi connectivity index (χ1) is 8.35. The number of aliphatic hydroxyl groups excluding tert-OH is 1. The Morgan fingerprint density at radius 3 is 2.50 bits per heavy atom. The number of aliphatic hydroxyl groups is 1. The first-order valence-corrected chi connectivity index (χ1v) is 7.73. The van der Waals surface area contributed by atoms with Gasteiger partial charge in [0.25, 0.3) is 0 Å². The molecule has 0 aliphatic rings. The Labute approximate surface area is 113 Å². The SMILES string of the molecule is CC(CO)C(C)NS(=O)(=O)Cc1ccccc1Cl. The molecule has 0 saturated carbocycles. The number of hydrogen-bond donors (Lipinski definition) is 2. The molecule has 1 aromatic carbocycles. The van der Waals surface area contributed by atoms with Crippen molar-refractivity contribution in [2.45, 2.75) is 25.6 Å². The molecule has 0 aromatic heterocycles. The lowest BCUT2D eigenvalue weighted by Gasteiger charge is -2.19. The Morgan fingerprint density at radius 2 is 1.94 bits per heavy atom. The summed E-state index contributed by atoms with van der Waals surface area (Å²) in [7, 11) is -3.46. The van der Waals surface area contributed by atoms with Crippen molar-refractivity contribution in [3.05, 3.63) is 34.9 Å². The Morgan fingerprint density at radius 1 is 1.33 bits per heavy atom. The standard InChI is InChI=1S/C12H18ClNO3S/c1-9(7-15)10(2)14-18(16,17)8-11-5-3-4-6-12(11)13/h3-6,9-10,14-15H,7-8H2,1-2H3. The number of rotatable bonds is 6. The van der Waals surface area contributed by atoms with Crippen molar-refractivity contribution < 1.29 is 13.5 Å². The fourth-order valence-electron chi connectivity index (χ4n) is 1.42. The van der Waals surface area contributed by atoms with E-state index in [-0.39, 0.29) is 24.3 Å². The van der Waals surface area contributed by atoms with Crippen molar-refractivity contribution in [1.29, 1.82) is 0 Å². The molecule has 0 aliphatic carbocycles. The molecule has 1 aromatic rings. The van der Waals surface area contributed by atoms with Gasteiger partial charge in [-0.05, 0) is 24.5 Å². The Balaban J connectivity index is 2.74. The smallest absolute Gasteiger partial charge is 0.216 e. The van der Waals surface area contributed by atoms with Gasteiger partial charge in [0.2, 0.25) is 10.0 Å². The Bertz CT molecular complexity index is 490. The van der Waals surface area contributed by atoms with Gasteiger partial charge in [0.15, 0.2) is 0 Å². The van der Waals surface area contributed by atoms with E-state index in [1.165, 1.54) is 0 Å². The van der Waals surface area contributed by atoms with E-state index < -0.39 is 10.0 Å². The number of nitrogens with one attached hydrogen (secondary N) is 1. The van der Waals surface area contributed by atoms with E-state index in [4.69, 9.17) is 16.7 Å². The van der Waals surface area contributed by atoms with Crippen LogP contribution in [0.15, 0.2) is 24.3 Å². The second kappa shape index (κ2) is 6.52. The lowest BCUT2D eigenvalue weighted by molar-refractivity contribution is 0.216. The van der Waals surface area contributed by atoms with Gasteiger partial charge < -0.3 is 5.11 Å². The molecule has 2 N–H and O–H groups in total. The van der Waals surface area contributed by atoms with Crippen molar-refractivity contribution in [1.82, 2.24) is 4.72 Å². The third-order valence-electron chi connectivity index (χ3n) is 2.81. The van der Waals surface area contributed by atoms with Crippen LogP contribution < -0.4 is 4.72 Å². The van der Waals surface area contributed by atoms with Crippen LogP contribution >= 0.6 is 11.6 Å². The number of halogens is 1. The normalized spacial score (nSPS) is 15.3. The fourth-order valence-corrected chi connectivity index (χ4v) is 3.24. The summed E-state index contributed by atoms with van der Waals surface area (Å²) in [6.45, 7) is 3.45. The minimum absolute atomic E-state index is 0.0597. The van der Waals surface area contributed by atoms with Crippen molar-refractivity contribution in [3.63, 3.8) is 0 Å². The van der Waals surface area contributed by atoms with E-state index in [1.54, 1.807) is 38.1 Å². The van der Waals surface area contributed by atoms with E-state index in [9.17, 15) is 8.42 Å². The summed E-state index contributed by atoms with van der Waals surface area (Å²) >= 11 is 5.92. The van der Waals surface area contributed by atoms with Crippen molar-refractivity contribution in [2.24, 2.45) is 5.92 Å². The van der Waals surface area contributed by atoms with Gasteiger partial charge in [-0.15, -0.1) is 0 Å². The van der Waals surface area contributed by atoms with Gasteiger partial charge in [-0.2, -0.15) is 0 Å². The van der Waals surface area contributed by atoms with Crippen molar-refractivity contribution in [2.75, 3.05) is 6.61 Å². The van der Waals surface area contributed by atoms with E-state index >= 15 is 0 Å². The highest BCUT2D eigenvalue weighted by atomic mass is 35.5. The molecule has 0 aliphatic heterocycles. The molecular weight excluding hydrogens is 274 g/mol. The summed E-state index contributed by atoms with van der Waals surface area (Å²) in [6.07, 6.45) is 0. The van der Waals surface area contributed by atoms with E-state index in [0.29, 0.717) is 10.6 Å². The third kappa shape index (κ3) is 4.57. The van der Waals surface area contributed by atoms with Gasteiger partial charge in [-0.3, -0.25) is 0 Å². The maximum Gasteiger partial charge on any atom is 0.216 e. The van der Waals surface area contributed by atoms with Crippen molar-refractivity contribution in [3.8, 4) is 0 Å². The summed E-state index contributed by atoms with van der Waals surface area (Å²) in [5, 5.41) is 9.42. The molecule has 18 heavy (non-hydrogen) atoms. The molecule has 102 valence electrons. The van der Waals surface area contributed by atoms with Gasteiger partial charge in [0, 0.05) is 17.7 Å². The van der Waals surface area contributed by atoms with Crippen LogP contribution in [0.4, 0.5) is 0 Å². The lowest BCUT2D eigenvalue weighted by Crippen LogP contribution is -2.38. The largest absolute Gasteiger partial charge is 0.396 e. The molecule has 0 saturated heterocycles. The lowest BCUT2D eigenvalue weighted by atomic mass is 10.1. The molecule has 2 unspecified atom stereocenters. The molecule has 0 heterocycles. The van der Waals surface area contributed by atoms with Crippen LogP contribution in [0.1, 0.15) is 19.4 Å². The summed E-state index contributed by atoms with van der Waals surface area (Å²) in [5.74, 6) is -0.291. The highest BCUT2D eigenvalue weighted by Gasteiger charge is 2.20. The Hall–Kier alpha value is -0.620. The zero-order chi connectivity index (χ0) is 13.8. The fraction of sp³-hybridized carbons (Fsp3) is 0.500. The maximum absolute atomic E-state index is 11.9. The molecule has 6 heteroatoms. The van der Waals surface area contributed by atoms with Crippen LogP contribution in [0.2, 0.25) is 5.02 Å². The monoisotopic (exact) mass is 291 g/mol. The highest BCUT2D eigenvalue weighted by Crippen LogP contribution is 2.17. The van der Waals surface area contributed by atoms with Gasteiger partial charge in [0.1, 0.15) is 0 Å². The number of benzene rings is 1. The average molecular weight is 292 g/mol. The Kier molecular flexibility index (Phi) is 5.59. The predicted molar refractivity (Wildman–Crippen MR) is 72.9 cm³/mol. The first kappa shape index (κ1) is 15.4. The number of hydrogen-bond acceptors (Lipinski definition) is 3. The minimum atomic E-state index is -3.46. The summed E-state index contributed by atoms with van der Waals surface area (Å²) in [6, 6.07) is 6.52. The predicted octanol–water partition coefficient (Wildman–Crippen LogP) is 1.78. The molecule has 0 bridgehead atoms. The van der Waals surface area contributed by atoms with E-state index in [1.807, 2.05) is 0 Å². The first-order valence-electron chi connectivity index (χ1n) is 5.70. The number of sulfonamides is 1. The third-order valence-corrected chi connectivity index (χ3v) is 4.60. The molecule has 0 radical (unpaired) electrons. The van der Waals surface area contributed by atoms with Crippen LogP contribution in [0.5, 0.6) is 0 Å². The highest BCUT2D eigenvalue weighted by molar-refractivity contribution is 7.88. The van der Waals surface area contributed by atoms with Gasteiger partial charge in [-0.25, -0.2) is 13.1 Å². The molecule has 1 rings (SSSR count). The minimum Gasteiger partial charge on any atom is -0.396 e. The quantitative estimate of drug-likeness (QED) is 0.839. The zero-order valence-electron chi connectivity index (χ0n) is 10.4. The molecule has 2 atom stereocenters. The van der Waals surface area contributed by atoms with Gasteiger partial charge in [-0.1, -0.05) is 36.7 Å². The van der Waals surface area contributed by atoms with Gasteiger partial charge in [0.05, 0.1) is 5.75 Å². The zero-order valence-corrected chi connectivity index (χ0v) is 12.0. The summed E-state index contributed by atoms with van der Waals surface area (Å²) in [5.41, 5.74) is 0.565. The maximum atomic E-state index is 11.9. The second-order valence-electron chi connectivity index (χ2n) is 4.42. The van der Waals surface area contributed by atoms with Crippen LogP contribution in [0.3, 0.4) is 0 Å². The van der Waals surface area contributed by atoms with Crippen LogP contribution in [0.25, 0.3) is 0 Å². The molecule has 4 nitrogen and oxygen atoms in total. The van der Waals surface area contributed by atoms with Gasteiger partial charge >= 0.3 is 0 Å². The summed E-state index contributed by atoms with van der Waals surface area (Å²) in [4.78, 5) is 0. The van der Waals surface area contributed by atoms with E-state index in [2.05, 4.69) is 4.72 Å². The average Bonchev–Trinajstić information content (AvgIpc) is 2.30.